The molecule has 0 heterocycles. The molecule has 0 aliphatic carbocycles. The molecule has 0 aliphatic rings. The number of unbranched alkanes of at least 4 members (excludes halogenated alkanes) is 12. The topological polar surface area (TPSA) is 9.23 Å². The summed E-state index contributed by atoms with van der Waals surface area (Å²) in [7, 11) is 0. The van der Waals surface area contributed by atoms with Crippen molar-refractivity contribution in [3.05, 3.63) is 0 Å². The number of hydrogen-bond donors (Lipinski definition) is 0. The summed E-state index contributed by atoms with van der Waals surface area (Å²) in [5, 5.41) is 0. The molecule has 0 saturated heterocycles. The Morgan fingerprint density at radius 3 is 1.41 bits per heavy atom. The van der Waals surface area contributed by atoms with E-state index in [1.54, 1.807) is 0 Å². The van der Waals surface area contributed by atoms with Crippen molar-refractivity contribution in [2.45, 2.75) is 117 Å². The summed E-state index contributed by atoms with van der Waals surface area (Å²) in [6.45, 7) is 8.83. The fourth-order valence-corrected chi connectivity index (χ4v) is 2.87. The molecule has 0 atom stereocenters. The second-order valence-corrected chi connectivity index (χ2v) is 7.39. The first kappa shape index (κ1) is 22.0. The zero-order valence-corrected chi connectivity index (χ0v) is 16.0. The van der Waals surface area contributed by atoms with Gasteiger partial charge in [-0.2, -0.15) is 0 Å². The van der Waals surface area contributed by atoms with E-state index in [-0.39, 0.29) is 0 Å². The molecule has 0 rings (SSSR count). The number of ether oxygens (including phenoxy) is 1. The van der Waals surface area contributed by atoms with Crippen LogP contribution in [0.5, 0.6) is 0 Å². The first-order valence-corrected chi connectivity index (χ1v) is 10.3. The largest absolute Gasteiger partial charge is 0.381 e. The Kier molecular flexibility index (Phi) is 19.0. The van der Waals surface area contributed by atoms with Gasteiger partial charge in [-0.25, -0.2) is 0 Å². The van der Waals surface area contributed by atoms with Crippen molar-refractivity contribution >= 4 is 0 Å². The third kappa shape index (κ3) is 20.0. The van der Waals surface area contributed by atoms with E-state index in [2.05, 4.69) is 20.8 Å². The first-order valence-electron chi connectivity index (χ1n) is 10.3. The molecule has 0 aliphatic heterocycles. The van der Waals surface area contributed by atoms with Crippen LogP contribution in [0.25, 0.3) is 0 Å². The van der Waals surface area contributed by atoms with E-state index in [4.69, 9.17) is 4.74 Å². The predicted octanol–water partition coefficient (Wildman–Crippen LogP) is 7.53. The van der Waals surface area contributed by atoms with Crippen LogP contribution in [0.4, 0.5) is 0 Å². The molecule has 22 heavy (non-hydrogen) atoms. The molecule has 134 valence electrons. The Morgan fingerprint density at radius 2 is 0.955 bits per heavy atom. The maximum Gasteiger partial charge on any atom is 0.0466 e. The highest BCUT2D eigenvalue weighted by molar-refractivity contribution is 4.50. The van der Waals surface area contributed by atoms with Crippen LogP contribution in [-0.2, 0) is 4.74 Å². The van der Waals surface area contributed by atoms with Crippen molar-refractivity contribution < 1.29 is 4.74 Å². The van der Waals surface area contributed by atoms with Crippen molar-refractivity contribution in [2.24, 2.45) is 5.92 Å². The lowest BCUT2D eigenvalue weighted by atomic mass is 10.0. The molecular formula is C21H44O. The van der Waals surface area contributed by atoms with Crippen molar-refractivity contribution in [3.8, 4) is 0 Å². The number of hydrogen-bond acceptors (Lipinski definition) is 1. The minimum atomic E-state index is 0.892. The summed E-state index contributed by atoms with van der Waals surface area (Å²) in [6.07, 6.45) is 21.0. The zero-order valence-electron chi connectivity index (χ0n) is 16.0. The average molecular weight is 313 g/mol. The van der Waals surface area contributed by atoms with Crippen LogP contribution >= 0.6 is 0 Å². The molecule has 0 fully saturated rings. The van der Waals surface area contributed by atoms with Crippen LogP contribution in [0.2, 0.25) is 0 Å². The highest BCUT2D eigenvalue weighted by Crippen LogP contribution is 2.14. The van der Waals surface area contributed by atoms with Gasteiger partial charge in [0.25, 0.3) is 0 Å². The van der Waals surface area contributed by atoms with E-state index < -0.39 is 0 Å². The van der Waals surface area contributed by atoms with Gasteiger partial charge in [0, 0.05) is 13.2 Å². The quantitative estimate of drug-likeness (QED) is 0.238. The molecule has 0 saturated carbocycles. The van der Waals surface area contributed by atoms with Crippen LogP contribution < -0.4 is 0 Å². The van der Waals surface area contributed by atoms with Gasteiger partial charge in [0.15, 0.2) is 0 Å². The molecular weight excluding hydrogens is 268 g/mol. The minimum absolute atomic E-state index is 0.892. The van der Waals surface area contributed by atoms with Crippen LogP contribution in [0.15, 0.2) is 0 Å². The Balaban J connectivity index is 2.94. The Morgan fingerprint density at radius 1 is 0.545 bits per heavy atom. The maximum absolute atomic E-state index is 5.59. The third-order valence-electron chi connectivity index (χ3n) is 4.46. The molecule has 0 aromatic carbocycles. The Hall–Kier alpha value is -0.0400. The standard InChI is InChI=1S/C21H44O/c1-4-5-19-22-20-17-15-13-11-9-7-6-8-10-12-14-16-18-21(2)3/h21H,4-20H2,1-3H3. The van der Waals surface area contributed by atoms with Gasteiger partial charge in [-0.15, -0.1) is 0 Å². The third-order valence-corrected chi connectivity index (χ3v) is 4.46. The summed E-state index contributed by atoms with van der Waals surface area (Å²) in [5.74, 6) is 0.892. The average Bonchev–Trinajstić information content (AvgIpc) is 2.50. The fraction of sp³-hybridized carbons (Fsp3) is 1.00. The monoisotopic (exact) mass is 312 g/mol. The highest BCUT2D eigenvalue weighted by atomic mass is 16.5. The molecule has 0 radical (unpaired) electrons. The van der Waals surface area contributed by atoms with Gasteiger partial charge < -0.3 is 4.74 Å². The fourth-order valence-electron chi connectivity index (χ4n) is 2.87. The molecule has 0 aromatic rings. The minimum Gasteiger partial charge on any atom is -0.381 e. The van der Waals surface area contributed by atoms with Crippen LogP contribution in [0.1, 0.15) is 117 Å². The van der Waals surface area contributed by atoms with E-state index >= 15 is 0 Å². The lowest BCUT2D eigenvalue weighted by molar-refractivity contribution is 0.127. The van der Waals surface area contributed by atoms with Crippen molar-refractivity contribution in [1.82, 2.24) is 0 Å². The second kappa shape index (κ2) is 19.0. The van der Waals surface area contributed by atoms with Gasteiger partial charge in [-0.1, -0.05) is 104 Å². The van der Waals surface area contributed by atoms with Gasteiger partial charge in [-0.05, 0) is 18.8 Å². The van der Waals surface area contributed by atoms with Gasteiger partial charge in [0.05, 0.1) is 0 Å². The Bertz CT molecular complexity index is 188. The van der Waals surface area contributed by atoms with Gasteiger partial charge in [0.1, 0.15) is 0 Å². The first-order chi connectivity index (χ1) is 10.8. The van der Waals surface area contributed by atoms with Crippen LogP contribution in [-0.4, -0.2) is 13.2 Å². The van der Waals surface area contributed by atoms with E-state index in [9.17, 15) is 0 Å². The van der Waals surface area contributed by atoms with Crippen molar-refractivity contribution in [2.75, 3.05) is 13.2 Å². The molecule has 1 nitrogen and oxygen atoms in total. The van der Waals surface area contributed by atoms with Crippen molar-refractivity contribution in [1.29, 1.82) is 0 Å². The highest BCUT2D eigenvalue weighted by Gasteiger charge is 1.96. The SMILES string of the molecule is CCCCOCCCCCCCCCCCCCCC(C)C. The van der Waals surface area contributed by atoms with Crippen molar-refractivity contribution in [3.63, 3.8) is 0 Å². The molecule has 0 N–H and O–H groups in total. The van der Waals surface area contributed by atoms with E-state index in [1.165, 1.54) is 96.3 Å². The molecule has 0 amide bonds. The zero-order chi connectivity index (χ0) is 16.3. The maximum atomic E-state index is 5.59. The lowest BCUT2D eigenvalue weighted by Gasteiger charge is -2.05. The van der Waals surface area contributed by atoms with Gasteiger partial charge in [0.2, 0.25) is 0 Å². The number of rotatable bonds is 18. The van der Waals surface area contributed by atoms with Crippen LogP contribution in [0, 0.1) is 5.92 Å². The molecule has 0 bridgehead atoms. The van der Waals surface area contributed by atoms with E-state index in [0.717, 1.165) is 19.1 Å². The molecule has 0 spiro atoms. The summed E-state index contributed by atoms with van der Waals surface area (Å²) in [6, 6.07) is 0. The molecule has 0 aromatic heterocycles. The lowest BCUT2D eigenvalue weighted by Crippen LogP contribution is -1.96. The molecule has 0 unspecified atom stereocenters. The summed E-state index contributed by atoms with van der Waals surface area (Å²) in [4.78, 5) is 0. The van der Waals surface area contributed by atoms with Gasteiger partial charge in [-0.3, -0.25) is 0 Å². The predicted molar refractivity (Wildman–Crippen MR) is 101 cm³/mol. The second-order valence-electron chi connectivity index (χ2n) is 7.39. The Labute approximate surface area is 141 Å². The normalized spacial score (nSPS) is 11.5. The summed E-state index contributed by atoms with van der Waals surface area (Å²) in [5.41, 5.74) is 0. The van der Waals surface area contributed by atoms with E-state index in [0.29, 0.717) is 0 Å². The summed E-state index contributed by atoms with van der Waals surface area (Å²) < 4.78 is 5.59. The van der Waals surface area contributed by atoms with Gasteiger partial charge >= 0.3 is 0 Å². The smallest absolute Gasteiger partial charge is 0.0466 e. The summed E-state index contributed by atoms with van der Waals surface area (Å²) >= 11 is 0. The van der Waals surface area contributed by atoms with E-state index in [1.807, 2.05) is 0 Å². The molecule has 1 heteroatoms. The van der Waals surface area contributed by atoms with Crippen LogP contribution in [0.3, 0.4) is 0 Å².